The lowest BCUT2D eigenvalue weighted by atomic mass is 9.94. The molecule has 3 nitrogen and oxygen atoms in total. The van der Waals surface area contributed by atoms with Crippen molar-refractivity contribution in [2.45, 2.75) is 25.7 Å². The third-order valence-electron chi connectivity index (χ3n) is 3.37. The number of rotatable bonds is 3. The average molecular weight is 281 g/mol. The molecule has 0 saturated heterocycles. The first-order chi connectivity index (χ1) is 9.15. The molecule has 0 heterocycles. The molecule has 19 heavy (non-hydrogen) atoms. The van der Waals surface area contributed by atoms with Gasteiger partial charge in [0.15, 0.2) is 11.5 Å². The van der Waals surface area contributed by atoms with Crippen LogP contribution in [-0.4, -0.2) is 19.5 Å². The maximum absolute atomic E-state index is 11.4. The Morgan fingerprint density at radius 1 is 1.11 bits per heavy atom. The van der Waals surface area contributed by atoms with E-state index in [1.165, 1.54) is 0 Å². The smallest absolute Gasteiger partial charge is 0.248 e. The van der Waals surface area contributed by atoms with E-state index < -0.39 is 0 Å². The van der Waals surface area contributed by atoms with Gasteiger partial charge < -0.3 is 9.47 Å². The lowest BCUT2D eigenvalue weighted by molar-refractivity contribution is -0.108. The molecule has 0 spiro atoms. The fourth-order valence-corrected chi connectivity index (χ4v) is 2.48. The van der Waals surface area contributed by atoms with Crippen LogP contribution in [0.4, 0.5) is 0 Å². The predicted octanol–water partition coefficient (Wildman–Crippen LogP) is 3.58. The van der Waals surface area contributed by atoms with E-state index in [4.69, 9.17) is 21.1 Å². The van der Waals surface area contributed by atoms with Crippen LogP contribution in [0.25, 0.3) is 6.08 Å². The monoisotopic (exact) mass is 280 g/mol. The van der Waals surface area contributed by atoms with Crippen molar-refractivity contribution < 1.29 is 14.3 Å². The van der Waals surface area contributed by atoms with Crippen molar-refractivity contribution in [2.75, 3.05) is 14.2 Å². The van der Waals surface area contributed by atoms with Gasteiger partial charge in [-0.25, -0.2) is 0 Å². The quantitative estimate of drug-likeness (QED) is 0.794. The number of hydrogen-bond donors (Lipinski definition) is 0. The molecule has 0 atom stereocenters. The van der Waals surface area contributed by atoms with Crippen molar-refractivity contribution in [2.24, 2.45) is 0 Å². The number of benzene rings is 1. The molecule has 1 aliphatic rings. The van der Waals surface area contributed by atoms with Crippen molar-refractivity contribution in [3.63, 3.8) is 0 Å². The van der Waals surface area contributed by atoms with Gasteiger partial charge in [-0.2, -0.15) is 0 Å². The molecular formula is C15H17ClO3. The van der Waals surface area contributed by atoms with Crippen molar-refractivity contribution in [3.8, 4) is 11.5 Å². The van der Waals surface area contributed by atoms with E-state index in [1.54, 1.807) is 14.2 Å². The highest BCUT2D eigenvalue weighted by Crippen LogP contribution is 2.34. The van der Waals surface area contributed by atoms with Gasteiger partial charge in [0.25, 0.3) is 0 Å². The topological polar surface area (TPSA) is 35.5 Å². The summed E-state index contributed by atoms with van der Waals surface area (Å²) in [7, 11) is 3.22. The van der Waals surface area contributed by atoms with Gasteiger partial charge in [0.1, 0.15) is 0 Å². The second kappa shape index (κ2) is 6.11. The average Bonchev–Trinajstić information content (AvgIpc) is 2.38. The molecule has 1 aromatic carbocycles. The summed E-state index contributed by atoms with van der Waals surface area (Å²) in [5, 5.41) is -0.373. The van der Waals surface area contributed by atoms with Crippen molar-refractivity contribution in [3.05, 3.63) is 28.8 Å². The molecule has 0 bridgehead atoms. The molecule has 0 N–H and O–H groups in total. The third-order valence-corrected chi connectivity index (χ3v) is 3.61. The Hall–Kier alpha value is -1.48. The van der Waals surface area contributed by atoms with Crippen LogP contribution in [0.1, 0.15) is 30.4 Å². The summed E-state index contributed by atoms with van der Waals surface area (Å²) in [6, 6.07) is 3.88. The van der Waals surface area contributed by atoms with Crippen LogP contribution in [0.5, 0.6) is 11.5 Å². The summed E-state index contributed by atoms with van der Waals surface area (Å²) >= 11 is 5.62. The molecule has 0 amide bonds. The van der Waals surface area contributed by atoms with E-state index in [0.717, 1.165) is 36.8 Å². The zero-order valence-corrected chi connectivity index (χ0v) is 11.9. The second-order valence-corrected chi connectivity index (χ2v) is 4.90. The standard InChI is InChI=1S/C15H17ClO3/c1-18-13-8-10-5-3-4-6-11(15(16)17)7-12(10)9-14(13)19-2/h7-9H,3-6H2,1-2H3/b11-7+. The minimum atomic E-state index is -0.373. The van der Waals surface area contributed by atoms with Crippen molar-refractivity contribution in [1.29, 1.82) is 0 Å². The van der Waals surface area contributed by atoms with Crippen LogP contribution in [-0.2, 0) is 11.2 Å². The van der Waals surface area contributed by atoms with Gasteiger partial charge in [0, 0.05) is 5.57 Å². The minimum absolute atomic E-state index is 0.373. The normalized spacial score (nSPS) is 17.5. The third kappa shape index (κ3) is 3.10. The number of ether oxygens (including phenoxy) is 2. The molecule has 0 aromatic heterocycles. The molecule has 2 rings (SSSR count). The number of hydrogen-bond acceptors (Lipinski definition) is 3. The zero-order valence-electron chi connectivity index (χ0n) is 11.2. The molecule has 1 aromatic rings. The number of carbonyl (C=O) groups is 1. The summed E-state index contributed by atoms with van der Waals surface area (Å²) < 4.78 is 10.6. The van der Waals surface area contributed by atoms with E-state index in [-0.39, 0.29) is 5.24 Å². The Balaban J connectivity index is 2.53. The number of fused-ring (bicyclic) bond motifs is 1. The Morgan fingerprint density at radius 3 is 2.37 bits per heavy atom. The van der Waals surface area contributed by atoms with E-state index >= 15 is 0 Å². The Kier molecular flexibility index (Phi) is 4.48. The van der Waals surface area contributed by atoms with Crippen LogP contribution < -0.4 is 9.47 Å². The van der Waals surface area contributed by atoms with Crippen LogP contribution in [0.2, 0.25) is 0 Å². The highest BCUT2D eigenvalue weighted by molar-refractivity contribution is 6.68. The summed E-state index contributed by atoms with van der Waals surface area (Å²) in [6.45, 7) is 0. The van der Waals surface area contributed by atoms with Gasteiger partial charge in [0.2, 0.25) is 5.24 Å². The first-order valence-corrected chi connectivity index (χ1v) is 6.68. The largest absolute Gasteiger partial charge is 0.493 e. The van der Waals surface area contributed by atoms with Gasteiger partial charge in [-0.05, 0) is 66.6 Å². The molecule has 1 aliphatic carbocycles. The van der Waals surface area contributed by atoms with Crippen LogP contribution in [0.15, 0.2) is 17.7 Å². The van der Waals surface area contributed by atoms with E-state index in [2.05, 4.69) is 0 Å². The number of allylic oxidation sites excluding steroid dienone is 1. The molecule has 0 unspecified atom stereocenters. The molecule has 0 aliphatic heterocycles. The highest BCUT2D eigenvalue weighted by Gasteiger charge is 2.15. The summed E-state index contributed by atoms with van der Waals surface area (Å²) in [4.78, 5) is 11.4. The highest BCUT2D eigenvalue weighted by atomic mass is 35.5. The van der Waals surface area contributed by atoms with Gasteiger partial charge >= 0.3 is 0 Å². The van der Waals surface area contributed by atoms with Gasteiger partial charge in [-0.15, -0.1) is 0 Å². The molecule has 102 valence electrons. The molecule has 4 heteroatoms. The number of methoxy groups -OCH3 is 2. The van der Waals surface area contributed by atoms with E-state index in [0.29, 0.717) is 17.1 Å². The van der Waals surface area contributed by atoms with Crippen LogP contribution in [0, 0.1) is 0 Å². The van der Waals surface area contributed by atoms with Gasteiger partial charge in [-0.1, -0.05) is 0 Å². The lowest BCUT2D eigenvalue weighted by Gasteiger charge is -2.16. The molecule has 0 radical (unpaired) electrons. The van der Waals surface area contributed by atoms with Crippen LogP contribution >= 0.6 is 11.6 Å². The number of halogens is 1. The minimum Gasteiger partial charge on any atom is -0.493 e. The maximum atomic E-state index is 11.4. The Labute approximate surface area is 118 Å². The number of carbonyl (C=O) groups excluding carboxylic acids is 1. The predicted molar refractivity (Wildman–Crippen MR) is 75.9 cm³/mol. The molecule has 0 saturated carbocycles. The molecular weight excluding hydrogens is 264 g/mol. The Bertz CT molecular complexity index is 520. The fourth-order valence-electron chi connectivity index (χ4n) is 2.33. The zero-order chi connectivity index (χ0) is 13.8. The first kappa shape index (κ1) is 13.9. The van der Waals surface area contributed by atoms with Crippen molar-refractivity contribution in [1.82, 2.24) is 0 Å². The Morgan fingerprint density at radius 2 is 1.74 bits per heavy atom. The SMILES string of the molecule is COc1cc2c(cc1OC)CCCC/C(C(=O)Cl)=C\2. The van der Waals surface area contributed by atoms with E-state index in [1.807, 2.05) is 18.2 Å². The number of aryl methyl sites for hydroxylation is 1. The maximum Gasteiger partial charge on any atom is 0.248 e. The van der Waals surface area contributed by atoms with E-state index in [9.17, 15) is 4.79 Å². The summed E-state index contributed by atoms with van der Waals surface area (Å²) in [5.41, 5.74) is 2.81. The van der Waals surface area contributed by atoms with Crippen molar-refractivity contribution >= 4 is 22.9 Å². The summed E-state index contributed by atoms with van der Waals surface area (Å²) in [5.74, 6) is 1.38. The second-order valence-electron chi connectivity index (χ2n) is 4.56. The summed E-state index contributed by atoms with van der Waals surface area (Å²) in [6.07, 6.45) is 5.57. The lowest BCUT2D eigenvalue weighted by Crippen LogP contribution is -2.02. The molecule has 0 fully saturated rings. The first-order valence-electron chi connectivity index (χ1n) is 6.31. The van der Waals surface area contributed by atoms with Gasteiger partial charge in [-0.3, -0.25) is 4.79 Å². The van der Waals surface area contributed by atoms with Crippen LogP contribution in [0.3, 0.4) is 0 Å². The fraction of sp³-hybridized carbons (Fsp3) is 0.400. The van der Waals surface area contributed by atoms with Gasteiger partial charge in [0.05, 0.1) is 14.2 Å².